The zero-order chi connectivity index (χ0) is 19.6. The van der Waals surface area contributed by atoms with Gasteiger partial charge in [-0.25, -0.2) is 9.59 Å². The van der Waals surface area contributed by atoms with Crippen LogP contribution in [0, 0.1) is 0 Å². The van der Waals surface area contributed by atoms with Gasteiger partial charge in [-0.15, -0.1) is 0 Å². The number of nitrogens with one attached hydrogen (secondary N) is 2. The highest BCUT2D eigenvalue weighted by molar-refractivity contribution is 6.04. The Labute approximate surface area is 147 Å². The molecule has 0 aromatic rings. The van der Waals surface area contributed by atoms with Crippen LogP contribution in [0.15, 0.2) is 0 Å². The van der Waals surface area contributed by atoms with Crippen molar-refractivity contribution >= 4 is 24.0 Å². The number of hydrogen-bond acceptors (Lipinski definition) is 6. The molecule has 1 aliphatic rings. The lowest BCUT2D eigenvalue weighted by Crippen LogP contribution is -2.72. The molecule has 0 saturated carbocycles. The summed E-state index contributed by atoms with van der Waals surface area (Å²) in [5, 5.41) is 4.76. The number of ether oxygens (including phenoxy) is 2. The Balaban J connectivity index is 2.49. The Hall–Kier alpha value is -2.32. The standard InChI is InChI=1S/C16H27N3O6/c1-9-11(18-14(23)25-16(5,6)7)12(21)19(9)13(22)17-8-10(20)24-15(2,3)4/h9,11H,8H2,1-7H3,(H,17,22)(H,18,23)/t9-,11-/m0/s1. The van der Waals surface area contributed by atoms with Gasteiger partial charge in [-0.1, -0.05) is 0 Å². The van der Waals surface area contributed by atoms with Crippen LogP contribution >= 0.6 is 0 Å². The first-order valence-electron chi connectivity index (χ1n) is 8.03. The number of β-lactam (4-membered cyclic amide) rings is 1. The second kappa shape index (κ2) is 7.28. The average Bonchev–Trinajstić information content (AvgIpc) is 2.39. The fourth-order valence-corrected chi connectivity index (χ4v) is 2.14. The molecule has 142 valence electrons. The van der Waals surface area contributed by atoms with Gasteiger partial charge >= 0.3 is 18.1 Å². The Morgan fingerprint density at radius 1 is 1.04 bits per heavy atom. The Morgan fingerprint density at radius 2 is 1.56 bits per heavy atom. The third-order valence-corrected chi connectivity index (χ3v) is 3.09. The minimum Gasteiger partial charge on any atom is -0.459 e. The van der Waals surface area contributed by atoms with Crippen LogP contribution in [0.5, 0.6) is 0 Å². The fourth-order valence-electron chi connectivity index (χ4n) is 2.14. The molecule has 9 nitrogen and oxygen atoms in total. The lowest BCUT2D eigenvalue weighted by Gasteiger charge is -2.43. The minimum absolute atomic E-state index is 0.350. The van der Waals surface area contributed by atoms with Gasteiger partial charge in [0.25, 0.3) is 5.91 Å². The lowest BCUT2D eigenvalue weighted by molar-refractivity contribution is -0.154. The number of likely N-dealkylation sites (tertiary alicyclic amines) is 1. The first-order chi connectivity index (χ1) is 11.2. The zero-order valence-corrected chi connectivity index (χ0v) is 15.8. The topological polar surface area (TPSA) is 114 Å². The van der Waals surface area contributed by atoms with E-state index in [-0.39, 0.29) is 6.54 Å². The molecule has 0 spiro atoms. The molecular formula is C16H27N3O6. The molecular weight excluding hydrogens is 330 g/mol. The maximum Gasteiger partial charge on any atom is 0.408 e. The van der Waals surface area contributed by atoms with Gasteiger partial charge < -0.3 is 20.1 Å². The molecule has 0 aromatic heterocycles. The highest BCUT2D eigenvalue weighted by Crippen LogP contribution is 2.20. The predicted molar refractivity (Wildman–Crippen MR) is 88.7 cm³/mol. The molecule has 0 aromatic carbocycles. The molecule has 1 aliphatic heterocycles. The summed E-state index contributed by atoms with van der Waals surface area (Å²) in [7, 11) is 0. The molecule has 0 unspecified atom stereocenters. The molecule has 1 saturated heterocycles. The summed E-state index contributed by atoms with van der Waals surface area (Å²) in [4.78, 5) is 48.3. The normalized spacial score (nSPS) is 20.4. The smallest absolute Gasteiger partial charge is 0.408 e. The monoisotopic (exact) mass is 357 g/mol. The van der Waals surface area contributed by atoms with E-state index in [1.54, 1.807) is 48.5 Å². The quantitative estimate of drug-likeness (QED) is 0.579. The number of nitrogens with zero attached hydrogens (tertiary/aromatic N) is 1. The number of esters is 1. The highest BCUT2D eigenvalue weighted by atomic mass is 16.6. The molecule has 1 heterocycles. The predicted octanol–water partition coefficient (Wildman–Crippen LogP) is 1.16. The zero-order valence-electron chi connectivity index (χ0n) is 15.8. The van der Waals surface area contributed by atoms with Gasteiger partial charge in [0.1, 0.15) is 23.8 Å². The lowest BCUT2D eigenvalue weighted by atomic mass is 9.97. The molecule has 2 atom stereocenters. The third-order valence-electron chi connectivity index (χ3n) is 3.09. The number of carbonyl (C=O) groups excluding carboxylic acids is 4. The minimum atomic E-state index is -0.845. The highest BCUT2D eigenvalue weighted by Gasteiger charge is 2.49. The molecule has 0 radical (unpaired) electrons. The van der Waals surface area contributed by atoms with Crippen molar-refractivity contribution in [2.45, 2.75) is 71.8 Å². The van der Waals surface area contributed by atoms with E-state index in [1.807, 2.05) is 0 Å². The van der Waals surface area contributed by atoms with Gasteiger partial charge in [0.05, 0.1) is 6.04 Å². The second-order valence-corrected chi connectivity index (χ2v) is 7.82. The van der Waals surface area contributed by atoms with Crippen molar-refractivity contribution in [2.24, 2.45) is 0 Å². The van der Waals surface area contributed by atoms with Gasteiger partial charge in [0, 0.05) is 0 Å². The van der Waals surface area contributed by atoms with E-state index in [0.29, 0.717) is 0 Å². The molecule has 0 aliphatic carbocycles. The summed E-state index contributed by atoms with van der Waals surface area (Å²) in [6.07, 6.45) is -0.730. The van der Waals surface area contributed by atoms with Crippen molar-refractivity contribution in [1.29, 1.82) is 0 Å². The van der Waals surface area contributed by atoms with Crippen LogP contribution in [0.4, 0.5) is 9.59 Å². The van der Waals surface area contributed by atoms with Crippen molar-refractivity contribution in [3.05, 3.63) is 0 Å². The molecule has 1 rings (SSSR count). The first-order valence-corrected chi connectivity index (χ1v) is 8.03. The summed E-state index contributed by atoms with van der Waals surface area (Å²) in [5.74, 6) is -1.18. The van der Waals surface area contributed by atoms with Crippen LogP contribution in [-0.4, -0.2) is 58.7 Å². The Morgan fingerprint density at radius 3 is 2.00 bits per heavy atom. The van der Waals surface area contributed by atoms with Crippen molar-refractivity contribution in [2.75, 3.05) is 6.54 Å². The number of imide groups is 1. The average molecular weight is 357 g/mol. The molecule has 4 amide bonds. The molecule has 25 heavy (non-hydrogen) atoms. The van der Waals surface area contributed by atoms with Gasteiger partial charge in [-0.3, -0.25) is 14.5 Å². The Kier molecular flexibility index (Phi) is 6.04. The summed E-state index contributed by atoms with van der Waals surface area (Å²) >= 11 is 0. The van der Waals surface area contributed by atoms with E-state index in [9.17, 15) is 19.2 Å². The maximum absolute atomic E-state index is 12.1. The summed E-state index contributed by atoms with van der Waals surface area (Å²) in [6.45, 7) is 11.5. The van der Waals surface area contributed by atoms with E-state index in [2.05, 4.69) is 10.6 Å². The molecule has 0 bridgehead atoms. The largest absolute Gasteiger partial charge is 0.459 e. The first kappa shape index (κ1) is 20.7. The van der Waals surface area contributed by atoms with Crippen LogP contribution < -0.4 is 10.6 Å². The third kappa shape index (κ3) is 6.24. The molecule has 2 N–H and O–H groups in total. The van der Waals surface area contributed by atoms with Crippen molar-refractivity contribution in [3.63, 3.8) is 0 Å². The van der Waals surface area contributed by atoms with Crippen LogP contribution in [0.25, 0.3) is 0 Å². The SMILES string of the molecule is C[C@H]1[C@H](NC(=O)OC(C)(C)C)C(=O)N1C(=O)NCC(=O)OC(C)(C)C. The number of amides is 4. The van der Waals surface area contributed by atoms with Gasteiger partial charge in [-0.05, 0) is 48.5 Å². The van der Waals surface area contributed by atoms with E-state index in [4.69, 9.17) is 9.47 Å². The van der Waals surface area contributed by atoms with Crippen LogP contribution in [0.3, 0.4) is 0 Å². The van der Waals surface area contributed by atoms with Gasteiger partial charge in [-0.2, -0.15) is 0 Å². The van der Waals surface area contributed by atoms with Crippen molar-refractivity contribution in [3.8, 4) is 0 Å². The van der Waals surface area contributed by atoms with Gasteiger partial charge in [0.15, 0.2) is 0 Å². The Bertz CT molecular complexity index is 553. The van der Waals surface area contributed by atoms with Crippen molar-refractivity contribution < 1.29 is 28.7 Å². The van der Waals surface area contributed by atoms with Crippen LogP contribution in [-0.2, 0) is 19.1 Å². The molecule has 1 fully saturated rings. The number of hydrogen-bond donors (Lipinski definition) is 2. The molecule has 9 heteroatoms. The van der Waals surface area contributed by atoms with E-state index in [0.717, 1.165) is 4.90 Å². The summed E-state index contributed by atoms with van der Waals surface area (Å²) < 4.78 is 10.1. The van der Waals surface area contributed by atoms with E-state index in [1.165, 1.54) is 0 Å². The van der Waals surface area contributed by atoms with E-state index >= 15 is 0 Å². The van der Waals surface area contributed by atoms with Crippen LogP contribution in [0.2, 0.25) is 0 Å². The fraction of sp³-hybridized carbons (Fsp3) is 0.750. The number of rotatable bonds is 3. The number of urea groups is 1. The second-order valence-electron chi connectivity index (χ2n) is 7.82. The number of alkyl carbamates (subject to hydrolysis) is 1. The van der Waals surface area contributed by atoms with Crippen molar-refractivity contribution in [1.82, 2.24) is 15.5 Å². The summed E-state index contributed by atoms with van der Waals surface area (Å²) in [6, 6.07) is -2.12. The van der Waals surface area contributed by atoms with E-state index < -0.39 is 47.3 Å². The number of carbonyl (C=O) groups is 4. The van der Waals surface area contributed by atoms with Crippen LogP contribution in [0.1, 0.15) is 48.5 Å². The maximum atomic E-state index is 12.1. The summed E-state index contributed by atoms with van der Waals surface area (Å²) in [5.41, 5.74) is -1.35. The van der Waals surface area contributed by atoms with Gasteiger partial charge in [0.2, 0.25) is 0 Å².